The van der Waals surface area contributed by atoms with Crippen LogP contribution < -0.4 is 0 Å². The van der Waals surface area contributed by atoms with Crippen molar-refractivity contribution in [1.82, 2.24) is 0 Å². The van der Waals surface area contributed by atoms with Gasteiger partial charge in [0.15, 0.2) is 0 Å². The van der Waals surface area contributed by atoms with Gasteiger partial charge in [0.2, 0.25) is 0 Å². The van der Waals surface area contributed by atoms with Crippen LogP contribution in [0.1, 0.15) is 68.7 Å². The van der Waals surface area contributed by atoms with Crippen molar-refractivity contribution in [2.75, 3.05) is 96.3 Å². The third-order valence-electron chi connectivity index (χ3n) is 8.13. The largest absolute Gasteiger partial charge is 0.396 e. The second kappa shape index (κ2) is 18.9. The van der Waals surface area contributed by atoms with Crippen molar-refractivity contribution in [3.63, 3.8) is 0 Å². The Morgan fingerprint density at radius 3 is 0.882 bits per heavy atom. The molecule has 0 unspecified atom stereocenters. The highest BCUT2D eigenvalue weighted by Crippen LogP contribution is 2.06. The highest BCUT2D eigenvalue weighted by Gasteiger charge is 2.18. The van der Waals surface area contributed by atoms with E-state index in [1.807, 2.05) is 0 Å². The lowest BCUT2D eigenvalue weighted by molar-refractivity contribution is -0.911. The van der Waals surface area contributed by atoms with Crippen LogP contribution in [0.5, 0.6) is 0 Å². The fourth-order valence-corrected chi connectivity index (χ4v) is 1.62. The smallest absolute Gasteiger partial charge is 0.102 e. The molecule has 6 nitrogen and oxygen atoms in total. The summed E-state index contributed by atoms with van der Waals surface area (Å²) in [5.74, 6) is 0. The van der Waals surface area contributed by atoms with Crippen LogP contribution in [0.3, 0.4) is 0 Å². The SMILES string of the molecule is CC(C)[N+](C)(C)C.CC(C)[N+](C)(C)CCCO.CC(C)[N+](C)(C)CCO.CC[N+](C)(C)C(C)C. The molecule has 0 saturated carbocycles. The quantitative estimate of drug-likeness (QED) is 0.450. The molecule has 34 heavy (non-hydrogen) atoms. The second-order valence-electron chi connectivity index (χ2n) is 13.4. The third-order valence-corrected chi connectivity index (χ3v) is 8.13. The normalized spacial score (nSPS) is 12.7. The molecule has 0 aromatic rings. The Kier molecular flexibility index (Phi) is 22.8. The Bertz CT molecular complexity index is 452. The fraction of sp³-hybridized carbons (Fsp3) is 1.00. The van der Waals surface area contributed by atoms with Gasteiger partial charge in [0.05, 0.1) is 107 Å². The molecule has 0 aromatic heterocycles. The molecule has 0 spiro atoms. The predicted octanol–water partition coefficient (Wildman–Crippen LogP) is 3.91. The van der Waals surface area contributed by atoms with Crippen LogP contribution in [-0.2, 0) is 0 Å². The average molecular weight is 497 g/mol. The van der Waals surface area contributed by atoms with Gasteiger partial charge < -0.3 is 28.1 Å². The second-order valence-corrected chi connectivity index (χ2v) is 13.4. The van der Waals surface area contributed by atoms with Gasteiger partial charge in [0.25, 0.3) is 0 Å². The van der Waals surface area contributed by atoms with Crippen LogP contribution in [0.25, 0.3) is 0 Å². The monoisotopic (exact) mass is 497 g/mol. The number of nitrogens with zero attached hydrogens (tertiary/aromatic N) is 4. The van der Waals surface area contributed by atoms with E-state index >= 15 is 0 Å². The summed E-state index contributed by atoms with van der Waals surface area (Å²) >= 11 is 0. The first-order valence-corrected chi connectivity index (χ1v) is 13.5. The lowest BCUT2D eigenvalue weighted by Crippen LogP contribution is -2.47. The van der Waals surface area contributed by atoms with E-state index in [0.29, 0.717) is 18.7 Å². The Balaban J connectivity index is -0.000000178. The highest BCUT2D eigenvalue weighted by atomic mass is 16.3. The standard InChI is InChI=1S/C8H20NO.C7H18NO.C7H18N.C6H16N/c1-8(2)9(3,4)6-5-7-10;1-7(2)8(3,4)5-6-9;1-6-8(4,5)7(2)3;1-6(2)7(3,4)5/h8,10H,5-7H2,1-4H3;7,9H,5-6H2,1-4H3;7H,6H2,1-5H3;6H,1-5H3/q4*+1. The molecule has 0 aliphatic carbocycles. The molecular formula is C28H72N4O2+4. The summed E-state index contributed by atoms with van der Waals surface area (Å²) in [7, 11) is 19.7. The molecule has 6 heteroatoms. The summed E-state index contributed by atoms with van der Waals surface area (Å²) in [5.41, 5.74) is 0. The first kappa shape index (κ1) is 40.9. The van der Waals surface area contributed by atoms with Gasteiger partial charge >= 0.3 is 0 Å². The number of hydrogen-bond donors (Lipinski definition) is 2. The summed E-state index contributed by atoms with van der Waals surface area (Å²) in [5, 5.41) is 17.2. The highest BCUT2D eigenvalue weighted by molar-refractivity contribution is 4.41. The lowest BCUT2D eigenvalue weighted by Gasteiger charge is -2.33. The summed E-state index contributed by atoms with van der Waals surface area (Å²) in [4.78, 5) is 0. The Hall–Kier alpha value is -0.240. The molecule has 0 rings (SSSR count). The summed E-state index contributed by atoms with van der Waals surface area (Å²) in [6, 6.07) is 2.73. The lowest BCUT2D eigenvalue weighted by atomic mass is 10.2. The van der Waals surface area contributed by atoms with Gasteiger partial charge in [0, 0.05) is 13.0 Å². The molecule has 0 atom stereocenters. The Labute approximate surface area is 217 Å². The fourth-order valence-electron chi connectivity index (χ4n) is 1.62. The maximum Gasteiger partial charge on any atom is 0.102 e. The van der Waals surface area contributed by atoms with Gasteiger partial charge in [-0.15, -0.1) is 0 Å². The number of aliphatic hydroxyl groups is 2. The summed E-state index contributed by atoms with van der Waals surface area (Å²) < 4.78 is 4.08. The number of hydrogen-bond acceptors (Lipinski definition) is 2. The van der Waals surface area contributed by atoms with Crippen LogP contribution in [0.4, 0.5) is 0 Å². The Morgan fingerprint density at radius 2 is 0.765 bits per heavy atom. The number of rotatable bonds is 10. The first-order valence-electron chi connectivity index (χ1n) is 13.5. The molecule has 212 valence electrons. The van der Waals surface area contributed by atoms with Gasteiger partial charge in [-0.2, -0.15) is 0 Å². The van der Waals surface area contributed by atoms with Gasteiger partial charge in [0.1, 0.15) is 6.54 Å². The van der Waals surface area contributed by atoms with Crippen molar-refractivity contribution < 1.29 is 28.1 Å². The van der Waals surface area contributed by atoms with Crippen LogP contribution in [0.15, 0.2) is 0 Å². The van der Waals surface area contributed by atoms with Gasteiger partial charge in [-0.1, -0.05) is 0 Å². The maximum absolute atomic E-state index is 8.64. The van der Waals surface area contributed by atoms with E-state index in [4.69, 9.17) is 10.2 Å². The van der Waals surface area contributed by atoms with Gasteiger partial charge in [-0.25, -0.2) is 0 Å². The van der Waals surface area contributed by atoms with Gasteiger partial charge in [-0.05, 0) is 62.3 Å². The van der Waals surface area contributed by atoms with E-state index in [0.717, 1.165) is 49.5 Å². The van der Waals surface area contributed by atoms with E-state index in [-0.39, 0.29) is 6.61 Å². The van der Waals surface area contributed by atoms with Crippen molar-refractivity contribution in [3.05, 3.63) is 0 Å². The topological polar surface area (TPSA) is 40.5 Å². The van der Waals surface area contributed by atoms with Crippen LogP contribution >= 0.6 is 0 Å². The zero-order valence-electron chi connectivity index (χ0n) is 27.2. The van der Waals surface area contributed by atoms with Crippen LogP contribution in [-0.4, -0.2) is 149 Å². The van der Waals surface area contributed by atoms with E-state index in [2.05, 4.69) is 126 Å². The third kappa shape index (κ3) is 23.5. The van der Waals surface area contributed by atoms with E-state index < -0.39 is 0 Å². The zero-order valence-corrected chi connectivity index (χ0v) is 27.2. The van der Waals surface area contributed by atoms with E-state index in [1.165, 1.54) is 6.54 Å². The molecule has 0 amide bonds. The number of quaternary nitrogens is 4. The van der Waals surface area contributed by atoms with E-state index in [1.54, 1.807) is 0 Å². The maximum atomic E-state index is 8.64. The molecule has 2 N–H and O–H groups in total. The minimum atomic E-state index is 0.283. The zero-order chi connectivity index (χ0) is 28.6. The predicted molar refractivity (Wildman–Crippen MR) is 154 cm³/mol. The average Bonchev–Trinajstić information content (AvgIpc) is 2.66. The van der Waals surface area contributed by atoms with Crippen molar-refractivity contribution >= 4 is 0 Å². The molecule has 0 aromatic carbocycles. The molecular weight excluding hydrogens is 424 g/mol. The van der Waals surface area contributed by atoms with Crippen molar-refractivity contribution in [2.45, 2.75) is 92.9 Å². The molecule has 0 aliphatic heterocycles. The van der Waals surface area contributed by atoms with Crippen molar-refractivity contribution in [1.29, 1.82) is 0 Å². The van der Waals surface area contributed by atoms with Gasteiger partial charge in [-0.3, -0.25) is 0 Å². The Morgan fingerprint density at radius 1 is 0.471 bits per heavy atom. The first-order chi connectivity index (χ1) is 15.0. The summed E-state index contributed by atoms with van der Waals surface area (Å²) in [6.07, 6.45) is 0.908. The number of aliphatic hydroxyl groups excluding tert-OH is 2. The van der Waals surface area contributed by atoms with Crippen LogP contribution in [0.2, 0.25) is 0 Å². The molecule has 0 fully saturated rings. The van der Waals surface area contributed by atoms with E-state index in [9.17, 15) is 0 Å². The molecule has 0 heterocycles. The minimum Gasteiger partial charge on any atom is -0.396 e. The van der Waals surface area contributed by atoms with Crippen molar-refractivity contribution in [3.8, 4) is 0 Å². The van der Waals surface area contributed by atoms with Crippen molar-refractivity contribution in [2.24, 2.45) is 0 Å². The molecule has 0 radical (unpaired) electrons. The molecule has 0 aliphatic rings. The summed E-state index contributed by atoms with van der Waals surface area (Å²) in [6.45, 7) is 23.6. The molecule has 0 saturated heterocycles. The molecule has 0 bridgehead atoms. The minimum absolute atomic E-state index is 0.283. The number of likely N-dealkylation sites (N-methyl/N-ethyl adjacent to an activating group) is 1. The van der Waals surface area contributed by atoms with Crippen LogP contribution in [0, 0.1) is 0 Å².